The van der Waals surface area contributed by atoms with Gasteiger partial charge < -0.3 is 20.1 Å². The molecular weight excluding hydrogens is 308 g/mol. The zero-order valence-electron chi connectivity index (χ0n) is 14.3. The van der Waals surface area contributed by atoms with Gasteiger partial charge in [0, 0.05) is 12.2 Å². The second kappa shape index (κ2) is 7.97. The highest BCUT2D eigenvalue weighted by molar-refractivity contribution is 6.08. The fourth-order valence-corrected chi connectivity index (χ4v) is 2.74. The van der Waals surface area contributed by atoms with Crippen LogP contribution in [-0.2, 0) is 20.7 Å². The maximum Gasteiger partial charge on any atom is 0.337 e. The number of aliphatic hydroxyl groups excluding tert-OH is 1. The van der Waals surface area contributed by atoms with Crippen molar-refractivity contribution in [1.29, 1.82) is 0 Å². The molecule has 0 spiro atoms. The van der Waals surface area contributed by atoms with Crippen molar-refractivity contribution >= 4 is 17.6 Å². The van der Waals surface area contributed by atoms with Crippen LogP contribution in [0.2, 0.25) is 0 Å². The number of nitrogens with zero attached hydrogens (tertiary/aromatic N) is 1. The first-order chi connectivity index (χ1) is 11.5. The van der Waals surface area contributed by atoms with Crippen LogP contribution in [0.3, 0.4) is 0 Å². The summed E-state index contributed by atoms with van der Waals surface area (Å²) in [4.78, 5) is 26.0. The van der Waals surface area contributed by atoms with Gasteiger partial charge in [0.15, 0.2) is 0 Å². The average Bonchev–Trinajstić information content (AvgIpc) is 2.85. The molecule has 2 rings (SSSR count). The van der Waals surface area contributed by atoms with E-state index in [0.29, 0.717) is 5.92 Å². The molecule has 1 heterocycles. The summed E-state index contributed by atoms with van der Waals surface area (Å²) in [5, 5.41) is 12.2. The number of hydrogen-bond donors (Lipinski definition) is 2. The molecule has 1 aromatic rings. The monoisotopic (exact) mass is 332 g/mol. The zero-order chi connectivity index (χ0) is 17.7. The number of ether oxygens (including phenoxy) is 1. The molecule has 0 fully saturated rings. The van der Waals surface area contributed by atoms with E-state index in [9.17, 15) is 9.59 Å². The third-order valence-corrected chi connectivity index (χ3v) is 3.86. The highest BCUT2D eigenvalue weighted by atomic mass is 16.5. The summed E-state index contributed by atoms with van der Waals surface area (Å²) in [5.74, 6) is -0.372. The molecule has 0 unspecified atom stereocenters. The Morgan fingerprint density at radius 1 is 1.38 bits per heavy atom. The number of hydrogen-bond acceptors (Lipinski definition) is 5. The summed E-state index contributed by atoms with van der Waals surface area (Å²) in [6.45, 7) is 4.41. The summed E-state index contributed by atoms with van der Waals surface area (Å²) in [7, 11) is 1.29. The molecule has 0 saturated heterocycles. The van der Waals surface area contributed by atoms with E-state index in [4.69, 9.17) is 9.84 Å². The van der Waals surface area contributed by atoms with E-state index >= 15 is 0 Å². The van der Waals surface area contributed by atoms with Crippen LogP contribution < -0.4 is 5.32 Å². The molecule has 1 amide bonds. The molecule has 0 aliphatic carbocycles. The first kappa shape index (κ1) is 18.0. The number of methoxy groups -OCH3 is 1. The molecule has 130 valence electrons. The first-order valence-electron chi connectivity index (χ1n) is 8.04. The number of anilines is 1. The van der Waals surface area contributed by atoms with Crippen molar-refractivity contribution in [2.45, 2.75) is 20.3 Å². The second-order valence-corrected chi connectivity index (χ2v) is 6.18. The zero-order valence-corrected chi connectivity index (χ0v) is 14.3. The highest BCUT2D eigenvalue weighted by Gasteiger charge is 2.34. The summed E-state index contributed by atoms with van der Waals surface area (Å²) in [6.07, 6.45) is 0.860. The fourth-order valence-electron chi connectivity index (χ4n) is 2.74. The van der Waals surface area contributed by atoms with E-state index in [2.05, 4.69) is 19.2 Å². The molecule has 1 aliphatic rings. The number of para-hydroxylation sites is 1. The molecule has 6 nitrogen and oxygen atoms in total. The smallest absolute Gasteiger partial charge is 0.337 e. The maximum absolute atomic E-state index is 12.6. The lowest BCUT2D eigenvalue weighted by molar-refractivity contribution is -0.136. The van der Waals surface area contributed by atoms with Gasteiger partial charge in [0.25, 0.3) is 5.91 Å². The topological polar surface area (TPSA) is 78.9 Å². The van der Waals surface area contributed by atoms with Crippen LogP contribution in [0.4, 0.5) is 5.69 Å². The number of carbonyl (C=O) groups excluding carboxylic acids is 2. The molecule has 24 heavy (non-hydrogen) atoms. The lowest BCUT2D eigenvalue weighted by Gasteiger charge is -2.16. The lowest BCUT2D eigenvalue weighted by atomic mass is 10.0. The minimum absolute atomic E-state index is 0.140. The first-order valence-corrected chi connectivity index (χ1v) is 8.04. The van der Waals surface area contributed by atoms with Crippen LogP contribution >= 0.6 is 0 Å². The van der Waals surface area contributed by atoms with Gasteiger partial charge in [-0.2, -0.15) is 0 Å². The van der Waals surface area contributed by atoms with Crippen molar-refractivity contribution in [3.8, 4) is 0 Å². The Hall–Kier alpha value is -2.34. The second-order valence-electron chi connectivity index (χ2n) is 6.18. The number of amides is 1. The lowest BCUT2D eigenvalue weighted by Crippen LogP contribution is -2.31. The summed E-state index contributed by atoms with van der Waals surface area (Å²) >= 11 is 0. The van der Waals surface area contributed by atoms with Crippen molar-refractivity contribution in [2.75, 3.05) is 32.1 Å². The minimum atomic E-state index is -0.535. The van der Waals surface area contributed by atoms with E-state index in [1.54, 1.807) is 0 Å². The van der Waals surface area contributed by atoms with Gasteiger partial charge in [-0.1, -0.05) is 32.0 Å². The molecule has 0 saturated carbocycles. The summed E-state index contributed by atoms with van der Waals surface area (Å²) in [6, 6.07) is 7.73. The molecule has 1 aromatic carbocycles. The minimum Gasteiger partial charge on any atom is -0.466 e. The molecule has 0 radical (unpaired) electrons. The van der Waals surface area contributed by atoms with E-state index < -0.39 is 5.97 Å². The number of carbonyl (C=O) groups is 2. The Morgan fingerprint density at radius 2 is 2.08 bits per heavy atom. The molecule has 0 atom stereocenters. The molecule has 0 aromatic heterocycles. The van der Waals surface area contributed by atoms with E-state index in [0.717, 1.165) is 17.7 Å². The summed E-state index contributed by atoms with van der Waals surface area (Å²) in [5.41, 5.74) is 2.40. The van der Waals surface area contributed by atoms with Gasteiger partial charge in [-0.25, -0.2) is 4.79 Å². The van der Waals surface area contributed by atoms with Gasteiger partial charge in [0.2, 0.25) is 0 Å². The van der Waals surface area contributed by atoms with Crippen molar-refractivity contribution in [2.24, 2.45) is 5.92 Å². The van der Waals surface area contributed by atoms with Gasteiger partial charge in [0.05, 0.1) is 25.8 Å². The van der Waals surface area contributed by atoms with Gasteiger partial charge in [-0.3, -0.25) is 4.79 Å². The van der Waals surface area contributed by atoms with Crippen molar-refractivity contribution in [3.05, 3.63) is 41.1 Å². The molecule has 2 N–H and O–H groups in total. The van der Waals surface area contributed by atoms with Gasteiger partial charge in [-0.05, 0) is 24.0 Å². The van der Waals surface area contributed by atoms with Crippen LogP contribution in [0.15, 0.2) is 35.5 Å². The normalized spacial score (nSPS) is 14.5. The van der Waals surface area contributed by atoms with E-state index in [1.165, 1.54) is 12.0 Å². The van der Waals surface area contributed by atoms with Crippen molar-refractivity contribution < 1.29 is 19.4 Å². The molecular formula is C18H24N2O4. The van der Waals surface area contributed by atoms with Crippen LogP contribution in [0.25, 0.3) is 0 Å². The number of rotatable bonds is 7. The number of aliphatic hydroxyl groups is 1. The van der Waals surface area contributed by atoms with Gasteiger partial charge in [-0.15, -0.1) is 0 Å². The molecule has 1 aliphatic heterocycles. The van der Waals surface area contributed by atoms with Crippen LogP contribution in [-0.4, -0.2) is 48.7 Å². The average molecular weight is 332 g/mol. The highest BCUT2D eigenvalue weighted by Crippen LogP contribution is 2.26. The molecule has 6 heteroatoms. The standard InChI is InChI=1S/C18H24N2O4/c1-12(2)10-13-6-4-5-7-15(13)19-16-14(18(23)24-3)11-20(8-9-21)17(16)22/h4-7,12,19,21H,8-11H2,1-3H3. The Labute approximate surface area is 142 Å². The SMILES string of the molecule is COC(=O)C1=C(Nc2ccccc2CC(C)C)C(=O)N(CCO)C1. The van der Waals surface area contributed by atoms with E-state index in [1.807, 2.05) is 24.3 Å². The predicted molar refractivity (Wildman–Crippen MR) is 91.3 cm³/mol. The largest absolute Gasteiger partial charge is 0.466 e. The maximum atomic E-state index is 12.6. The quantitative estimate of drug-likeness (QED) is 0.741. The Morgan fingerprint density at radius 3 is 2.71 bits per heavy atom. The number of esters is 1. The Balaban J connectivity index is 2.34. The Kier molecular flexibility index (Phi) is 5.98. The third-order valence-electron chi connectivity index (χ3n) is 3.86. The van der Waals surface area contributed by atoms with Crippen LogP contribution in [0.5, 0.6) is 0 Å². The van der Waals surface area contributed by atoms with Crippen LogP contribution in [0, 0.1) is 5.92 Å². The summed E-state index contributed by atoms with van der Waals surface area (Å²) < 4.78 is 4.79. The molecule has 0 bridgehead atoms. The van der Waals surface area contributed by atoms with Gasteiger partial charge in [0.1, 0.15) is 5.70 Å². The van der Waals surface area contributed by atoms with Gasteiger partial charge >= 0.3 is 5.97 Å². The number of nitrogens with one attached hydrogen (secondary N) is 1. The van der Waals surface area contributed by atoms with E-state index in [-0.39, 0.29) is 36.9 Å². The third kappa shape index (κ3) is 3.94. The Bertz CT molecular complexity index is 652. The fraction of sp³-hybridized carbons (Fsp3) is 0.444. The van der Waals surface area contributed by atoms with Crippen molar-refractivity contribution in [1.82, 2.24) is 4.90 Å². The predicted octanol–water partition coefficient (Wildman–Crippen LogP) is 1.56. The number of benzene rings is 1. The van der Waals surface area contributed by atoms with Crippen LogP contribution in [0.1, 0.15) is 19.4 Å². The number of β-amino-alcohol motifs (C(OH)–C–C–N with tert-alkyl or cyclic N) is 1. The van der Waals surface area contributed by atoms with Crippen molar-refractivity contribution in [3.63, 3.8) is 0 Å².